The van der Waals surface area contributed by atoms with Crippen molar-refractivity contribution in [2.45, 2.75) is 13.8 Å². The normalized spacial score (nSPS) is 10.0. The van der Waals surface area contributed by atoms with Crippen LogP contribution in [0, 0.1) is 0 Å². The molecule has 0 bridgehead atoms. The van der Waals surface area contributed by atoms with Crippen LogP contribution in [0.25, 0.3) is 16.8 Å². The second kappa shape index (κ2) is 14.5. The van der Waals surface area contributed by atoms with Crippen molar-refractivity contribution in [3.63, 3.8) is 0 Å². The lowest BCUT2D eigenvalue weighted by Gasteiger charge is -2.09. The zero-order chi connectivity index (χ0) is 28.9. The van der Waals surface area contributed by atoms with Crippen molar-refractivity contribution in [3.05, 3.63) is 103 Å². The number of ether oxygens (including phenoxy) is 4. The zero-order valence-electron chi connectivity index (χ0n) is 21.9. The quantitative estimate of drug-likeness (QED) is 0.148. The molecule has 0 fully saturated rings. The first-order valence-corrected chi connectivity index (χ1v) is 11.5. The average molecular weight is 529 g/mol. The molecule has 8 nitrogen and oxygen atoms in total. The average Bonchev–Trinajstić information content (AvgIpc) is 2.91. The van der Waals surface area contributed by atoms with Gasteiger partial charge in [0.1, 0.15) is 29.3 Å². The number of esters is 3. The largest absolute Gasteiger partial charge is 0.496 e. The molecule has 0 saturated heterocycles. The summed E-state index contributed by atoms with van der Waals surface area (Å²) >= 11 is 0. The van der Waals surface area contributed by atoms with E-state index in [1.165, 1.54) is 38.3 Å². The van der Waals surface area contributed by atoms with Crippen molar-refractivity contribution in [2.75, 3.05) is 7.11 Å². The Kier molecular flexibility index (Phi) is 11.1. The zero-order valence-corrected chi connectivity index (χ0v) is 21.9. The molecule has 0 aliphatic rings. The van der Waals surface area contributed by atoms with Crippen molar-refractivity contribution in [1.82, 2.24) is 0 Å². The predicted octanol–water partition coefficient (Wildman–Crippen LogP) is 5.80. The Labute approximate surface area is 226 Å². The molecule has 3 aromatic carbocycles. The van der Waals surface area contributed by atoms with Crippen molar-refractivity contribution >= 4 is 41.0 Å². The van der Waals surface area contributed by atoms with E-state index in [1.54, 1.807) is 25.1 Å². The lowest BCUT2D eigenvalue weighted by molar-refractivity contribution is -0.131. The number of hydrogen-bond donors (Lipinski definition) is 0. The molecule has 0 atom stereocenters. The molecule has 0 aliphatic carbocycles. The summed E-state index contributed by atoms with van der Waals surface area (Å²) in [5, 5.41) is 1.97. The van der Waals surface area contributed by atoms with E-state index in [1.807, 2.05) is 24.3 Å². The van der Waals surface area contributed by atoms with Gasteiger partial charge in [0, 0.05) is 35.4 Å². The molecular formula is C31H28O8. The van der Waals surface area contributed by atoms with Crippen LogP contribution in [-0.2, 0) is 19.2 Å². The first kappa shape index (κ1) is 30.0. The van der Waals surface area contributed by atoms with Gasteiger partial charge >= 0.3 is 17.9 Å². The first-order chi connectivity index (χ1) is 18.6. The van der Waals surface area contributed by atoms with Crippen LogP contribution in [-0.4, -0.2) is 31.3 Å². The maximum atomic E-state index is 11.5. The Morgan fingerprint density at radius 1 is 0.718 bits per heavy atom. The highest BCUT2D eigenvalue weighted by molar-refractivity contribution is 5.91. The minimum absolute atomic E-state index is 0.189. The molecule has 0 heterocycles. The second-order valence-corrected chi connectivity index (χ2v) is 8.07. The summed E-state index contributed by atoms with van der Waals surface area (Å²) in [5.41, 5.74) is 1.56. The van der Waals surface area contributed by atoms with Gasteiger partial charge in [-0.05, 0) is 54.5 Å². The highest BCUT2D eigenvalue weighted by atomic mass is 16.5. The van der Waals surface area contributed by atoms with Gasteiger partial charge in [-0.1, -0.05) is 44.0 Å². The lowest BCUT2D eigenvalue weighted by atomic mass is 10.1. The van der Waals surface area contributed by atoms with E-state index >= 15 is 0 Å². The van der Waals surface area contributed by atoms with Crippen LogP contribution in [0.4, 0.5) is 0 Å². The number of aldehydes is 1. The number of carbonyl (C=O) groups excluding carboxylic acids is 4. The SMILES string of the molecule is C=C(C)C(=O)Oc1ccc2cc(/C=C/C=O)ccc2c1.C=CC(=O)Oc1cc(OC)cc(OC(=O)C(=C)C)c1. The van der Waals surface area contributed by atoms with Gasteiger partial charge in [0.05, 0.1) is 7.11 Å². The Hall–Kier alpha value is -5.24. The number of rotatable bonds is 9. The fraction of sp³-hybridized carbons (Fsp3) is 0.0968. The molecule has 0 aliphatic heterocycles. The fourth-order valence-corrected chi connectivity index (χ4v) is 2.89. The van der Waals surface area contributed by atoms with Gasteiger partial charge in [-0.3, -0.25) is 4.79 Å². The van der Waals surface area contributed by atoms with Crippen molar-refractivity contribution in [2.24, 2.45) is 0 Å². The van der Waals surface area contributed by atoms with E-state index in [0.29, 0.717) is 17.1 Å². The topological polar surface area (TPSA) is 105 Å². The van der Waals surface area contributed by atoms with Gasteiger partial charge in [-0.2, -0.15) is 0 Å². The number of carbonyl (C=O) groups is 4. The van der Waals surface area contributed by atoms with E-state index in [2.05, 4.69) is 19.7 Å². The van der Waals surface area contributed by atoms with Crippen molar-refractivity contribution < 1.29 is 38.1 Å². The molecule has 0 aromatic heterocycles. The first-order valence-electron chi connectivity index (χ1n) is 11.5. The highest BCUT2D eigenvalue weighted by Gasteiger charge is 2.10. The summed E-state index contributed by atoms with van der Waals surface area (Å²) < 4.78 is 20.2. The fourth-order valence-electron chi connectivity index (χ4n) is 2.89. The predicted molar refractivity (Wildman–Crippen MR) is 149 cm³/mol. The molecule has 8 heteroatoms. The van der Waals surface area contributed by atoms with Gasteiger partial charge in [0.15, 0.2) is 0 Å². The van der Waals surface area contributed by atoms with E-state index in [-0.39, 0.29) is 17.1 Å². The molecule has 0 amide bonds. The smallest absolute Gasteiger partial charge is 0.338 e. The number of allylic oxidation sites excluding steroid dienone is 1. The number of methoxy groups -OCH3 is 1. The molecular weight excluding hydrogens is 500 g/mol. The maximum Gasteiger partial charge on any atom is 0.338 e. The maximum absolute atomic E-state index is 11.5. The van der Waals surface area contributed by atoms with Crippen LogP contribution in [0.5, 0.6) is 23.0 Å². The molecule has 0 radical (unpaired) electrons. The van der Waals surface area contributed by atoms with Crippen molar-refractivity contribution in [3.8, 4) is 23.0 Å². The standard InChI is InChI=1S/C17H14O3.C14H14O5/c1-12(2)17(19)20-16-8-7-14-10-13(4-3-9-18)5-6-15(14)11-16;1-5-13(15)18-11-6-10(17-4)7-12(8-11)19-14(16)9(2)3/h3-11H,1H2,2H3;5-8H,1-2H2,3-4H3/b4-3+;. The summed E-state index contributed by atoms with van der Waals surface area (Å²) in [7, 11) is 1.44. The third-order valence-corrected chi connectivity index (χ3v) is 4.80. The van der Waals surface area contributed by atoms with Crippen LogP contribution in [0.3, 0.4) is 0 Å². The summed E-state index contributed by atoms with van der Waals surface area (Å²) in [4.78, 5) is 44.3. The van der Waals surface area contributed by atoms with E-state index in [0.717, 1.165) is 28.7 Å². The minimum Gasteiger partial charge on any atom is -0.496 e. The molecule has 0 N–H and O–H groups in total. The van der Waals surface area contributed by atoms with Gasteiger partial charge in [0.2, 0.25) is 0 Å². The number of benzene rings is 3. The van der Waals surface area contributed by atoms with E-state index < -0.39 is 17.9 Å². The van der Waals surface area contributed by atoms with Gasteiger partial charge in [-0.15, -0.1) is 0 Å². The minimum atomic E-state index is -0.620. The molecule has 0 spiro atoms. The molecule has 0 saturated carbocycles. The Balaban J connectivity index is 0.000000274. The molecule has 3 rings (SSSR count). The van der Waals surface area contributed by atoms with Crippen LogP contribution in [0.2, 0.25) is 0 Å². The summed E-state index contributed by atoms with van der Waals surface area (Å²) in [6.07, 6.45) is 4.95. The lowest BCUT2D eigenvalue weighted by Crippen LogP contribution is -2.09. The number of hydrogen-bond acceptors (Lipinski definition) is 8. The molecule has 0 unspecified atom stereocenters. The second-order valence-electron chi connectivity index (χ2n) is 8.07. The summed E-state index contributed by atoms with van der Waals surface area (Å²) in [6, 6.07) is 15.5. The number of fused-ring (bicyclic) bond motifs is 1. The van der Waals surface area contributed by atoms with Gasteiger partial charge in [-0.25, -0.2) is 14.4 Å². The Morgan fingerprint density at radius 3 is 1.82 bits per heavy atom. The van der Waals surface area contributed by atoms with Crippen LogP contribution in [0.15, 0.2) is 97.6 Å². The summed E-state index contributed by atoms with van der Waals surface area (Å²) in [6.45, 7) is 13.4. The third-order valence-electron chi connectivity index (χ3n) is 4.80. The summed E-state index contributed by atoms with van der Waals surface area (Å²) in [5.74, 6) is -0.372. The van der Waals surface area contributed by atoms with Crippen LogP contribution >= 0.6 is 0 Å². The van der Waals surface area contributed by atoms with Gasteiger partial charge in [0.25, 0.3) is 0 Å². The molecule has 39 heavy (non-hydrogen) atoms. The van der Waals surface area contributed by atoms with Gasteiger partial charge < -0.3 is 18.9 Å². The third kappa shape index (κ3) is 9.62. The van der Waals surface area contributed by atoms with E-state index in [4.69, 9.17) is 18.9 Å². The molecule has 200 valence electrons. The Morgan fingerprint density at radius 2 is 1.26 bits per heavy atom. The molecule has 3 aromatic rings. The van der Waals surface area contributed by atoms with E-state index in [9.17, 15) is 19.2 Å². The van der Waals surface area contributed by atoms with Crippen molar-refractivity contribution in [1.29, 1.82) is 0 Å². The highest BCUT2D eigenvalue weighted by Crippen LogP contribution is 2.28. The Bertz CT molecular complexity index is 1460. The van der Waals surface area contributed by atoms with Crippen LogP contribution < -0.4 is 18.9 Å². The van der Waals surface area contributed by atoms with Crippen LogP contribution in [0.1, 0.15) is 19.4 Å². The monoisotopic (exact) mass is 528 g/mol.